The molecule has 1 atom stereocenters. The number of hydrogen-bond donors (Lipinski definition) is 1. The summed E-state index contributed by atoms with van der Waals surface area (Å²) in [5.41, 5.74) is 7.39. The third-order valence-corrected chi connectivity index (χ3v) is 7.12. The lowest BCUT2D eigenvalue weighted by molar-refractivity contribution is 0.190. The third kappa shape index (κ3) is 16.3. The Hall–Kier alpha value is -0.0400. The Morgan fingerprint density at radius 2 is 0.759 bits per heavy atom. The van der Waals surface area contributed by atoms with E-state index in [4.69, 9.17) is 5.73 Å². The predicted molar refractivity (Wildman–Crippen MR) is 135 cm³/mol. The van der Waals surface area contributed by atoms with E-state index in [0.717, 1.165) is 5.92 Å². The van der Waals surface area contributed by atoms with Crippen molar-refractivity contribution < 1.29 is 0 Å². The van der Waals surface area contributed by atoms with E-state index in [1.807, 2.05) is 0 Å². The highest BCUT2D eigenvalue weighted by Crippen LogP contribution is 2.35. The van der Waals surface area contributed by atoms with Gasteiger partial charge in [-0.1, -0.05) is 143 Å². The first-order chi connectivity index (χ1) is 14.1. The highest BCUT2D eigenvalue weighted by atomic mass is 14.8. The van der Waals surface area contributed by atoms with Crippen molar-refractivity contribution in [3.05, 3.63) is 0 Å². The van der Waals surface area contributed by atoms with Gasteiger partial charge >= 0.3 is 0 Å². The molecule has 0 amide bonds. The zero-order valence-electron chi connectivity index (χ0n) is 21.2. The largest absolute Gasteiger partial charge is 0.325 e. The van der Waals surface area contributed by atoms with Gasteiger partial charge in [0.25, 0.3) is 0 Å². The smallest absolute Gasteiger partial charge is 0.0182 e. The van der Waals surface area contributed by atoms with E-state index < -0.39 is 0 Å². The van der Waals surface area contributed by atoms with Crippen molar-refractivity contribution in [1.29, 1.82) is 0 Å². The normalized spacial score (nSPS) is 13.1. The Morgan fingerprint density at radius 3 is 1.17 bits per heavy atom. The molecule has 0 saturated carbocycles. The van der Waals surface area contributed by atoms with Gasteiger partial charge in [0.1, 0.15) is 0 Å². The molecular weight excluding hydrogens is 350 g/mol. The lowest BCUT2D eigenvalue weighted by Crippen LogP contribution is -2.47. The maximum absolute atomic E-state index is 7.28. The molecule has 0 aromatic heterocycles. The summed E-state index contributed by atoms with van der Waals surface area (Å²) in [6.45, 7) is 9.26. The molecule has 0 aliphatic carbocycles. The summed E-state index contributed by atoms with van der Waals surface area (Å²) >= 11 is 0. The highest BCUT2D eigenvalue weighted by Gasteiger charge is 2.33. The molecule has 176 valence electrons. The van der Waals surface area contributed by atoms with Crippen molar-refractivity contribution in [2.24, 2.45) is 11.7 Å². The van der Waals surface area contributed by atoms with Crippen LogP contribution in [0.2, 0.25) is 0 Å². The average molecular weight is 410 g/mol. The SMILES string of the molecule is CCCCCCCCC(CCCCCC)C(N)(CCCCCC)CCCCCC. The zero-order chi connectivity index (χ0) is 21.6. The predicted octanol–water partition coefficient (Wildman–Crippen LogP) is 9.96. The molecule has 0 heterocycles. The number of unbranched alkanes of at least 4 members (excludes halogenated alkanes) is 14. The van der Waals surface area contributed by atoms with E-state index in [9.17, 15) is 0 Å². The minimum atomic E-state index is 0.108. The van der Waals surface area contributed by atoms with Crippen LogP contribution in [0.15, 0.2) is 0 Å². The van der Waals surface area contributed by atoms with Crippen molar-refractivity contribution in [3.8, 4) is 0 Å². The second-order valence-electron chi connectivity index (χ2n) is 9.96. The number of rotatable bonds is 23. The molecule has 0 fully saturated rings. The van der Waals surface area contributed by atoms with Crippen LogP contribution in [0.3, 0.4) is 0 Å². The molecule has 1 nitrogen and oxygen atoms in total. The number of nitrogens with two attached hydrogens (primary N) is 1. The second kappa shape index (κ2) is 21.2. The molecule has 0 aliphatic heterocycles. The van der Waals surface area contributed by atoms with E-state index in [-0.39, 0.29) is 5.54 Å². The molecule has 2 N–H and O–H groups in total. The molecule has 0 aromatic carbocycles. The lowest BCUT2D eigenvalue weighted by Gasteiger charge is -2.39. The van der Waals surface area contributed by atoms with Gasteiger partial charge in [-0.05, 0) is 31.6 Å². The molecule has 1 unspecified atom stereocenters. The summed E-state index contributed by atoms with van der Waals surface area (Å²) < 4.78 is 0. The Balaban J connectivity index is 4.80. The zero-order valence-corrected chi connectivity index (χ0v) is 21.2. The van der Waals surface area contributed by atoms with Gasteiger partial charge in [-0.25, -0.2) is 0 Å². The fourth-order valence-electron chi connectivity index (χ4n) is 5.00. The van der Waals surface area contributed by atoms with Gasteiger partial charge in [0, 0.05) is 5.54 Å². The van der Waals surface area contributed by atoms with Crippen molar-refractivity contribution >= 4 is 0 Å². The van der Waals surface area contributed by atoms with Gasteiger partial charge < -0.3 is 5.73 Å². The first kappa shape index (κ1) is 29.0. The second-order valence-corrected chi connectivity index (χ2v) is 9.96. The molecule has 0 radical (unpaired) electrons. The van der Waals surface area contributed by atoms with Gasteiger partial charge in [0.15, 0.2) is 0 Å². The first-order valence-electron chi connectivity index (χ1n) is 13.9. The fraction of sp³-hybridized carbons (Fsp3) is 1.00. The van der Waals surface area contributed by atoms with Crippen LogP contribution in [-0.2, 0) is 0 Å². The average Bonchev–Trinajstić information content (AvgIpc) is 2.72. The maximum Gasteiger partial charge on any atom is 0.0182 e. The van der Waals surface area contributed by atoms with Crippen molar-refractivity contribution in [3.63, 3.8) is 0 Å². The molecule has 0 rings (SSSR count). The molecule has 0 aliphatic rings. The lowest BCUT2D eigenvalue weighted by atomic mass is 9.72. The van der Waals surface area contributed by atoms with Crippen molar-refractivity contribution in [1.82, 2.24) is 0 Å². The minimum Gasteiger partial charge on any atom is -0.325 e. The Morgan fingerprint density at radius 1 is 0.448 bits per heavy atom. The van der Waals surface area contributed by atoms with Crippen LogP contribution in [0, 0.1) is 5.92 Å². The highest BCUT2D eigenvalue weighted by molar-refractivity contribution is 4.91. The quantitative estimate of drug-likeness (QED) is 0.167. The standard InChI is InChI=1S/C28H59N/c1-5-9-13-17-18-20-24-27(23-19-14-10-6-2)28(29,25-21-15-11-7-3)26-22-16-12-8-4/h27H,5-26,29H2,1-4H3. The summed E-state index contributed by atoms with van der Waals surface area (Å²) in [4.78, 5) is 0. The molecule has 0 spiro atoms. The van der Waals surface area contributed by atoms with Gasteiger partial charge in [-0.15, -0.1) is 0 Å². The molecule has 29 heavy (non-hydrogen) atoms. The minimum absolute atomic E-state index is 0.108. The van der Waals surface area contributed by atoms with Crippen LogP contribution in [0.4, 0.5) is 0 Å². The Bertz CT molecular complexity index is 299. The van der Waals surface area contributed by atoms with Gasteiger partial charge in [-0.2, -0.15) is 0 Å². The maximum atomic E-state index is 7.28. The summed E-state index contributed by atoms with van der Waals surface area (Å²) in [6.07, 6.45) is 30.2. The summed E-state index contributed by atoms with van der Waals surface area (Å²) in [5.74, 6) is 0.758. The van der Waals surface area contributed by atoms with E-state index in [2.05, 4.69) is 27.7 Å². The monoisotopic (exact) mass is 409 g/mol. The molecular formula is C28H59N. The Kier molecular flexibility index (Phi) is 21.2. The van der Waals surface area contributed by atoms with Crippen LogP contribution in [0.1, 0.15) is 169 Å². The van der Waals surface area contributed by atoms with E-state index in [1.165, 1.54) is 141 Å². The van der Waals surface area contributed by atoms with E-state index in [0.29, 0.717) is 0 Å². The van der Waals surface area contributed by atoms with Crippen LogP contribution < -0.4 is 5.73 Å². The Labute approximate surface area is 186 Å². The molecule has 0 bridgehead atoms. The van der Waals surface area contributed by atoms with E-state index >= 15 is 0 Å². The number of hydrogen-bond acceptors (Lipinski definition) is 1. The molecule has 0 aromatic rings. The third-order valence-electron chi connectivity index (χ3n) is 7.12. The summed E-state index contributed by atoms with van der Waals surface area (Å²) in [5, 5.41) is 0. The van der Waals surface area contributed by atoms with Gasteiger partial charge in [0.05, 0.1) is 0 Å². The fourth-order valence-corrected chi connectivity index (χ4v) is 5.00. The van der Waals surface area contributed by atoms with Crippen LogP contribution in [0.25, 0.3) is 0 Å². The molecule has 0 saturated heterocycles. The molecule has 1 heteroatoms. The summed E-state index contributed by atoms with van der Waals surface area (Å²) in [7, 11) is 0. The van der Waals surface area contributed by atoms with Crippen molar-refractivity contribution in [2.75, 3.05) is 0 Å². The van der Waals surface area contributed by atoms with Gasteiger partial charge in [-0.3, -0.25) is 0 Å². The van der Waals surface area contributed by atoms with Crippen molar-refractivity contribution in [2.45, 2.75) is 174 Å². The first-order valence-corrected chi connectivity index (χ1v) is 13.9. The van der Waals surface area contributed by atoms with Crippen LogP contribution in [0.5, 0.6) is 0 Å². The van der Waals surface area contributed by atoms with Crippen LogP contribution in [-0.4, -0.2) is 5.54 Å². The van der Waals surface area contributed by atoms with Gasteiger partial charge in [0.2, 0.25) is 0 Å². The summed E-state index contributed by atoms with van der Waals surface area (Å²) in [6, 6.07) is 0. The topological polar surface area (TPSA) is 26.0 Å². The van der Waals surface area contributed by atoms with E-state index in [1.54, 1.807) is 0 Å². The van der Waals surface area contributed by atoms with Crippen LogP contribution >= 0.6 is 0 Å².